The van der Waals surface area contributed by atoms with Crippen LogP contribution < -0.4 is 5.32 Å². The highest BCUT2D eigenvalue weighted by molar-refractivity contribution is 5.76. The molecular formula is C19H30N2O2. The van der Waals surface area contributed by atoms with Gasteiger partial charge in [-0.25, -0.2) is 0 Å². The van der Waals surface area contributed by atoms with Crippen molar-refractivity contribution in [2.75, 3.05) is 27.2 Å². The molecule has 0 saturated carbocycles. The van der Waals surface area contributed by atoms with E-state index in [0.717, 1.165) is 25.9 Å². The molecule has 4 nitrogen and oxygen atoms in total. The standard InChI is InChI=1S/C19H30N2O2/c1-4-15-8-10-16(11-9-15)18(21(2)3)14-20-19(22)13-17-7-5-6-12-23-17/h8-11,17-18H,4-7,12-14H2,1-3H3,(H,20,22). The van der Waals surface area contributed by atoms with Crippen LogP contribution >= 0.6 is 0 Å². The number of aryl methyl sites for hydroxylation is 1. The van der Waals surface area contributed by atoms with Crippen LogP contribution in [0.1, 0.15) is 49.8 Å². The van der Waals surface area contributed by atoms with Crippen molar-refractivity contribution in [1.29, 1.82) is 0 Å². The molecule has 2 unspecified atom stereocenters. The summed E-state index contributed by atoms with van der Waals surface area (Å²) in [7, 11) is 4.10. The first-order valence-electron chi connectivity index (χ1n) is 8.73. The molecule has 4 heteroatoms. The SMILES string of the molecule is CCc1ccc(C(CNC(=O)CC2CCCCO2)N(C)C)cc1. The highest BCUT2D eigenvalue weighted by Gasteiger charge is 2.19. The summed E-state index contributed by atoms with van der Waals surface area (Å²) >= 11 is 0. The van der Waals surface area contributed by atoms with E-state index in [1.54, 1.807) is 0 Å². The molecular weight excluding hydrogens is 288 g/mol. The zero-order valence-corrected chi connectivity index (χ0v) is 14.7. The Morgan fingerprint density at radius 1 is 1.30 bits per heavy atom. The number of carbonyl (C=O) groups is 1. The maximum absolute atomic E-state index is 12.2. The Kier molecular flexibility index (Phi) is 7.06. The molecule has 1 amide bonds. The molecule has 0 aromatic heterocycles. The minimum absolute atomic E-state index is 0.0916. The van der Waals surface area contributed by atoms with E-state index >= 15 is 0 Å². The summed E-state index contributed by atoms with van der Waals surface area (Å²) in [4.78, 5) is 14.3. The topological polar surface area (TPSA) is 41.6 Å². The van der Waals surface area contributed by atoms with Gasteiger partial charge in [-0.05, 0) is 50.9 Å². The van der Waals surface area contributed by atoms with Crippen LogP contribution in [0.4, 0.5) is 0 Å². The molecule has 0 radical (unpaired) electrons. The third kappa shape index (κ3) is 5.63. The number of carbonyl (C=O) groups excluding carboxylic acids is 1. The van der Waals surface area contributed by atoms with Crippen molar-refractivity contribution in [3.63, 3.8) is 0 Å². The lowest BCUT2D eigenvalue weighted by atomic mass is 10.0. The lowest BCUT2D eigenvalue weighted by Gasteiger charge is -2.26. The molecule has 2 rings (SSSR count). The van der Waals surface area contributed by atoms with Gasteiger partial charge in [0.05, 0.1) is 18.6 Å². The van der Waals surface area contributed by atoms with Crippen molar-refractivity contribution < 1.29 is 9.53 Å². The van der Waals surface area contributed by atoms with Gasteiger partial charge in [-0.1, -0.05) is 31.2 Å². The molecule has 2 atom stereocenters. The van der Waals surface area contributed by atoms with E-state index < -0.39 is 0 Å². The summed E-state index contributed by atoms with van der Waals surface area (Å²) in [5.74, 6) is 0.0916. The average Bonchev–Trinajstić information content (AvgIpc) is 2.56. The summed E-state index contributed by atoms with van der Waals surface area (Å²) in [5, 5.41) is 3.08. The molecule has 0 aliphatic carbocycles. The van der Waals surface area contributed by atoms with E-state index in [2.05, 4.69) is 55.5 Å². The summed E-state index contributed by atoms with van der Waals surface area (Å²) in [6.45, 7) is 3.58. The second-order valence-electron chi connectivity index (χ2n) is 6.57. The number of hydrogen-bond donors (Lipinski definition) is 1. The highest BCUT2D eigenvalue weighted by Crippen LogP contribution is 2.19. The van der Waals surface area contributed by atoms with Crippen LogP contribution in [0, 0.1) is 0 Å². The fourth-order valence-electron chi connectivity index (χ4n) is 3.03. The number of rotatable bonds is 7. The molecule has 1 aliphatic rings. The zero-order chi connectivity index (χ0) is 16.7. The van der Waals surface area contributed by atoms with Gasteiger partial charge in [-0.3, -0.25) is 4.79 Å². The molecule has 23 heavy (non-hydrogen) atoms. The monoisotopic (exact) mass is 318 g/mol. The van der Waals surface area contributed by atoms with Gasteiger partial charge in [0.15, 0.2) is 0 Å². The first-order chi connectivity index (χ1) is 11.1. The van der Waals surface area contributed by atoms with Gasteiger partial charge >= 0.3 is 0 Å². The number of nitrogens with one attached hydrogen (secondary N) is 1. The van der Waals surface area contributed by atoms with Crippen molar-refractivity contribution in [3.05, 3.63) is 35.4 Å². The minimum atomic E-state index is 0.0916. The average molecular weight is 318 g/mol. The van der Waals surface area contributed by atoms with Crippen molar-refractivity contribution in [2.24, 2.45) is 0 Å². The molecule has 128 valence electrons. The van der Waals surface area contributed by atoms with Crippen LogP contribution in [-0.4, -0.2) is 44.2 Å². The van der Waals surface area contributed by atoms with E-state index in [9.17, 15) is 4.79 Å². The largest absolute Gasteiger partial charge is 0.378 e. The molecule has 1 aromatic carbocycles. The van der Waals surface area contributed by atoms with Crippen LogP contribution in [0.15, 0.2) is 24.3 Å². The first-order valence-corrected chi connectivity index (χ1v) is 8.73. The molecule has 0 spiro atoms. The Morgan fingerprint density at radius 3 is 2.61 bits per heavy atom. The fraction of sp³-hybridized carbons (Fsp3) is 0.632. The summed E-state index contributed by atoms with van der Waals surface area (Å²) in [5.41, 5.74) is 2.58. The Bertz CT molecular complexity index is 479. The summed E-state index contributed by atoms with van der Waals surface area (Å²) in [6, 6.07) is 8.87. The van der Waals surface area contributed by atoms with E-state index in [4.69, 9.17) is 4.74 Å². The van der Waals surface area contributed by atoms with Gasteiger partial charge in [0.2, 0.25) is 5.91 Å². The summed E-state index contributed by atoms with van der Waals surface area (Å²) in [6.07, 6.45) is 4.92. The van der Waals surface area contributed by atoms with Crippen LogP contribution in [0.25, 0.3) is 0 Å². The van der Waals surface area contributed by atoms with Gasteiger partial charge in [0.1, 0.15) is 0 Å². The van der Waals surface area contributed by atoms with E-state index in [1.807, 2.05) is 0 Å². The first kappa shape index (κ1) is 18.0. The smallest absolute Gasteiger partial charge is 0.222 e. The Balaban J connectivity index is 1.87. The maximum atomic E-state index is 12.2. The van der Waals surface area contributed by atoms with Crippen molar-refractivity contribution in [2.45, 2.75) is 51.2 Å². The quantitative estimate of drug-likeness (QED) is 0.840. The lowest BCUT2D eigenvalue weighted by Crippen LogP contribution is -2.36. The van der Waals surface area contributed by atoms with Crippen LogP contribution in [-0.2, 0) is 16.0 Å². The third-order valence-electron chi connectivity index (χ3n) is 4.58. The third-order valence-corrected chi connectivity index (χ3v) is 4.58. The fourth-order valence-corrected chi connectivity index (χ4v) is 3.03. The molecule has 0 bridgehead atoms. The summed E-state index contributed by atoms with van der Waals surface area (Å²) < 4.78 is 5.64. The number of ether oxygens (including phenoxy) is 1. The Hall–Kier alpha value is -1.39. The Labute approximate surface area is 140 Å². The predicted octanol–water partition coefficient (Wildman–Crippen LogP) is 2.93. The van der Waals surface area contributed by atoms with Gasteiger partial charge < -0.3 is 15.0 Å². The lowest BCUT2D eigenvalue weighted by molar-refractivity contribution is -0.125. The predicted molar refractivity (Wildman–Crippen MR) is 93.5 cm³/mol. The molecule has 1 heterocycles. The second-order valence-corrected chi connectivity index (χ2v) is 6.57. The number of likely N-dealkylation sites (N-methyl/N-ethyl adjacent to an activating group) is 1. The van der Waals surface area contributed by atoms with E-state index in [1.165, 1.54) is 17.5 Å². The normalized spacial score (nSPS) is 19.6. The molecule has 1 aromatic rings. The zero-order valence-electron chi connectivity index (χ0n) is 14.7. The number of benzene rings is 1. The molecule has 1 saturated heterocycles. The van der Waals surface area contributed by atoms with Crippen molar-refractivity contribution in [1.82, 2.24) is 10.2 Å². The van der Waals surface area contributed by atoms with Gasteiger partial charge in [-0.15, -0.1) is 0 Å². The van der Waals surface area contributed by atoms with Gasteiger partial charge in [0, 0.05) is 13.2 Å². The van der Waals surface area contributed by atoms with Crippen LogP contribution in [0.5, 0.6) is 0 Å². The number of nitrogens with zero attached hydrogens (tertiary/aromatic N) is 1. The molecule has 1 N–H and O–H groups in total. The van der Waals surface area contributed by atoms with Crippen LogP contribution in [0.2, 0.25) is 0 Å². The van der Waals surface area contributed by atoms with E-state index in [0.29, 0.717) is 13.0 Å². The maximum Gasteiger partial charge on any atom is 0.222 e. The van der Waals surface area contributed by atoms with Gasteiger partial charge in [-0.2, -0.15) is 0 Å². The minimum Gasteiger partial charge on any atom is -0.378 e. The van der Waals surface area contributed by atoms with Crippen molar-refractivity contribution in [3.8, 4) is 0 Å². The van der Waals surface area contributed by atoms with Crippen molar-refractivity contribution >= 4 is 5.91 Å². The molecule has 1 aliphatic heterocycles. The highest BCUT2D eigenvalue weighted by atomic mass is 16.5. The second kappa shape index (κ2) is 9.04. The van der Waals surface area contributed by atoms with E-state index in [-0.39, 0.29) is 18.1 Å². The Morgan fingerprint density at radius 2 is 2.04 bits per heavy atom. The molecule has 1 fully saturated rings. The van der Waals surface area contributed by atoms with Gasteiger partial charge in [0.25, 0.3) is 0 Å². The number of hydrogen-bond acceptors (Lipinski definition) is 3. The number of amides is 1. The van der Waals surface area contributed by atoms with Crippen LogP contribution in [0.3, 0.4) is 0 Å².